The molecule has 1 saturated heterocycles. The second-order valence-corrected chi connectivity index (χ2v) is 6.37. The zero-order valence-corrected chi connectivity index (χ0v) is 14.8. The Hall–Kier alpha value is -2.41. The third-order valence-electron chi connectivity index (χ3n) is 4.44. The average Bonchev–Trinajstić information content (AvgIpc) is 2.70. The van der Waals surface area contributed by atoms with Crippen molar-refractivity contribution >= 4 is 11.7 Å². The van der Waals surface area contributed by atoms with Crippen molar-refractivity contribution < 1.29 is 9.90 Å². The van der Waals surface area contributed by atoms with Crippen LogP contribution in [0.25, 0.3) is 0 Å². The molecule has 0 bridgehead atoms. The van der Waals surface area contributed by atoms with Crippen LogP contribution in [0.2, 0.25) is 0 Å². The molecule has 2 aromatic rings. The molecule has 26 heavy (non-hydrogen) atoms. The van der Waals surface area contributed by atoms with E-state index >= 15 is 0 Å². The molecule has 2 amide bonds. The third-order valence-corrected chi connectivity index (χ3v) is 4.44. The van der Waals surface area contributed by atoms with Gasteiger partial charge < -0.3 is 15.7 Å². The molecule has 0 saturated carbocycles. The molecule has 0 aromatic heterocycles. The maximum atomic E-state index is 13.0. The van der Waals surface area contributed by atoms with Gasteiger partial charge in [-0.05, 0) is 24.1 Å². The predicted molar refractivity (Wildman–Crippen MR) is 103 cm³/mol. The van der Waals surface area contributed by atoms with Crippen LogP contribution < -0.4 is 15.6 Å². The number of piperazine rings is 1. The summed E-state index contributed by atoms with van der Waals surface area (Å²) >= 11 is 0. The van der Waals surface area contributed by atoms with Crippen LogP contribution in [0.4, 0.5) is 10.5 Å². The van der Waals surface area contributed by atoms with Crippen LogP contribution in [-0.4, -0.2) is 55.0 Å². The molecule has 1 fully saturated rings. The van der Waals surface area contributed by atoms with Crippen LogP contribution in [0, 0.1) is 0 Å². The number of hydrogen-bond donors (Lipinski definition) is 3. The van der Waals surface area contributed by atoms with Crippen LogP contribution in [0.5, 0.6) is 0 Å². The first-order valence-electron chi connectivity index (χ1n) is 9.04. The number of benzene rings is 2. The van der Waals surface area contributed by atoms with Crippen molar-refractivity contribution in [3.63, 3.8) is 0 Å². The van der Waals surface area contributed by atoms with E-state index in [1.54, 1.807) is 5.01 Å². The highest BCUT2D eigenvalue weighted by Crippen LogP contribution is 2.17. The first-order valence-corrected chi connectivity index (χ1v) is 9.04. The van der Waals surface area contributed by atoms with E-state index in [1.807, 2.05) is 65.7 Å². The van der Waals surface area contributed by atoms with E-state index in [1.165, 1.54) is 0 Å². The van der Waals surface area contributed by atoms with Gasteiger partial charge in [-0.3, -0.25) is 0 Å². The van der Waals surface area contributed by atoms with Crippen molar-refractivity contribution in [2.45, 2.75) is 12.5 Å². The van der Waals surface area contributed by atoms with E-state index in [9.17, 15) is 9.90 Å². The van der Waals surface area contributed by atoms with Gasteiger partial charge in [-0.2, -0.15) is 0 Å². The molecule has 6 nitrogen and oxygen atoms in total. The van der Waals surface area contributed by atoms with Gasteiger partial charge in [-0.25, -0.2) is 14.8 Å². The molecule has 6 heteroatoms. The van der Waals surface area contributed by atoms with Gasteiger partial charge in [0.15, 0.2) is 0 Å². The standard InChI is InChI=1S/C20H26N4O2/c25-16-18(15-17-7-3-1-4-8-17)22-20(26)24(19-9-5-2-6-10-19)23-13-11-21-12-14-23/h1-10,18,21,25H,11-16H2,(H,22,26)/t18-/m1/s1. The Balaban J connectivity index is 1.73. The van der Waals surface area contributed by atoms with Crippen LogP contribution in [0.1, 0.15) is 5.56 Å². The van der Waals surface area contributed by atoms with Gasteiger partial charge in [-0.1, -0.05) is 48.5 Å². The molecular weight excluding hydrogens is 328 g/mol. The number of amides is 2. The minimum Gasteiger partial charge on any atom is -0.394 e. The average molecular weight is 354 g/mol. The normalized spacial score (nSPS) is 16.0. The van der Waals surface area contributed by atoms with Crippen molar-refractivity contribution in [3.8, 4) is 0 Å². The van der Waals surface area contributed by atoms with Gasteiger partial charge in [0.1, 0.15) is 0 Å². The SMILES string of the molecule is O=C(N[C@@H](CO)Cc1ccccc1)N(c1ccccc1)N1CCNCC1. The Kier molecular flexibility index (Phi) is 6.60. The van der Waals surface area contributed by atoms with E-state index in [2.05, 4.69) is 10.6 Å². The monoisotopic (exact) mass is 354 g/mol. The van der Waals surface area contributed by atoms with Gasteiger partial charge in [-0.15, -0.1) is 0 Å². The second-order valence-electron chi connectivity index (χ2n) is 6.37. The topological polar surface area (TPSA) is 67.8 Å². The molecule has 0 spiro atoms. The molecule has 1 atom stereocenters. The maximum Gasteiger partial charge on any atom is 0.337 e. The first kappa shape index (κ1) is 18.4. The van der Waals surface area contributed by atoms with E-state index in [0.29, 0.717) is 6.42 Å². The van der Waals surface area contributed by atoms with Gasteiger partial charge in [0.2, 0.25) is 0 Å². The van der Waals surface area contributed by atoms with E-state index < -0.39 is 0 Å². The summed E-state index contributed by atoms with van der Waals surface area (Å²) in [6.07, 6.45) is 0.591. The largest absolute Gasteiger partial charge is 0.394 e. The highest BCUT2D eigenvalue weighted by atomic mass is 16.3. The first-order chi connectivity index (χ1) is 12.8. The van der Waals surface area contributed by atoms with E-state index in [-0.39, 0.29) is 18.7 Å². The van der Waals surface area contributed by atoms with Crippen molar-refractivity contribution in [2.24, 2.45) is 0 Å². The fourth-order valence-electron chi connectivity index (χ4n) is 3.13. The minimum atomic E-state index is -0.334. The number of anilines is 1. The number of urea groups is 1. The fraction of sp³-hybridized carbons (Fsp3) is 0.350. The molecule has 1 heterocycles. The number of carbonyl (C=O) groups excluding carboxylic acids is 1. The summed E-state index contributed by atoms with van der Waals surface area (Å²) in [5.74, 6) is 0. The maximum absolute atomic E-state index is 13.0. The molecule has 1 aliphatic heterocycles. The molecule has 1 aliphatic rings. The van der Waals surface area contributed by atoms with Crippen LogP contribution in [0.3, 0.4) is 0 Å². The molecular formula is C20H26N4O2. The molecule has 0 aliphatic carbocycles. The highest BCUT2D eigenvalue weighted by molar-refractivity contribution is 5.91. The van der Waals surface area contributed by atoms with Gasteiger partial charge in [0.25, 0.3) is 0 Å². The molecule has 138 valence electrons. The number of aliphatic hydroxyl groups excluding tert-OH is 1. The number of rotatable bonds is 6. The van der Waals surface area contributed by atoms with Crippen molar-refractivity contribution in [2.75, 3.05) is 37.8 Å². The zero-order valence-electron chi connectivity index (χ0n) is 14.8. The summed E-state index contributed by atoms with van der Waals surface area (Å²) in [5, 5.41) is 19.8. The summed E-state index contributed by atoms with van der Waals surface area (Å²) in [5.41, 5.74) is 1.91. The quantitative estimate of drug-likeness (QED) is 0.738. The summed E-state index contributed by atoms with van der Waals surface area (Å²) < 4.78 is 0. The van der Waals surface area contributed by atoms with E-state index in [0.717, 1.165) is 37.4 Å². The van der Waals surface area contributed by atoms with Crippen molar-refractivity contribution in [1.82, 2.24) is 15.6 Å². The number of nitrogens with zero attached hydrogens (tertiary/aromatic N) is 2. The summed E-state index contributed by atoms with van der Waals surface area (Å²) in [6, 6.07) is 19.0. The Morgan fingerprint density at radius 2 is 1.69 bits per heavy atom. The number of aliphatic hydroxyl groups is 1. The highest BCUT2D eigenvalue weighted by Gasteiger charge is 2.26. The predicted octanol–water partition coefficient (Wildman–Crippen LogP) is 1.63. The fourth-order valence-corrected chi connectivity index (χ4v) is 3.13. The molecule has 3 N–H and O–H groups in total. The third kappa shape index (κ3) is 4.82. The summed E-state index contributed by atoms with van der Waals surface area (Å²) in [7, 11) is 0. The molecule has 0 unspecified atom stereocenters. The molecule has 2 aromatic carbocycles. The molecule has 3 rings (SSSR count). The number of nitrogens with one attached hydrogen (secondary N) is 2. The Morgan fingerprint density at radius 3 is 2.31 bits per heavy atom. The molecule has 0 radical (unpaired) electrons. The lowest BCUT2D eigenvalue weighted by atomic mass is 10.1. The van der Waals surface area contributed by atoms with Crippen LogP contribution >= 0.6 is 0 Å². The van der Waals surface area contributed by atoms with Crippen molar-refractivity contribution in [1.29, 1.82) is 0 Å². The second kappa shape index (κ2) is 9.33. The zero-order chi connectivity index (χ0) is 18.2. The van der Waals surface area contributed by atoms with Crippen molar-refractivity contribution in [3.05, 3.63) is 66.2 Å². The lowest BCUT2D eigenvalue weighted by Gasteiger charge is -2.38. The van der Waals surface area contributed by atoms with Crippen LogP contribution in [-0.2, 0) is 6.42 Å². The van der Waals surface area contributed by atoms with Gasteiger partial charge in [0, 0.05) is 26.2 Å². The van der Waals surface area contributed by atoms with Gasteiger partial charge >= 0.3 is 6.03 Å². The lowest BCUT2D eigenvalue weighted by molar-refractivity contribution is 0.186. The Bertz CT molecular complexity index is 675. The van der Waals surface area contributed by atoms with Crippen LogP contribution in [0.15, 0.2) is 60.7 Å². The summed E-state index contributed by atoms with van der Waals surface area (Å²) in [4.78, 5) is 13.0. The summed E-state index contributed by atoms with van der Waals surface area (Å²) in [6.45, 7) is 3.08. The Morgan fingerprint density at radius 1 is 1.08 bits per heavy atom. The number of para-hydroxylation sites is 1. The number of carbonyl (C=O) groups is 1. The lowest BCUT2D eigenvalue weighted by Crippen LogP contribution is -2.59. The Labute approximate surface area is 154 Å². The smallest absolute Gasteiger partial charge is 0.337 e. The number of hydrazine groups is 1. The van der Waals surface area contributed by atoms with Gasteiger partial charge in [0.05, 0.1) is 18.3 Å². The minimum absolute atomic E-state index is 0.106. The number of hydrogen-bond acceptors (Lipinski definition) is 4. The van der Waals surface area contributed by atoms with E-state index in [4.69, 9.17) is 0 Å².